The standard InChI is InChI=1S/C14H11BrN2O3/c1-8-2-9(4-11(15)3-8)13(18)17-12-5-10(14(19)20)6-16-7-12/h2-7H,1H3,(H,17,18)(H,19,20). The number of carboxylic acid groups (broad SMARTS) is 1. The predicted molar refractivity (Wildman–Crippen MR) is 78.0 cm³/mol. The van der Waals surface area contributed by atoms with E-state index in [0.29, 0.717) is 11.3 Å². The van der Waals surface area contributed by atoms with Crippen LogP contribution in [0.2, 0.25) is 0 Å². The van der Waals surface area contributed by atoms with E-state index in [4.69, 9.17) is 5.11 Å². The lowest BCUT2D eigenvalue weighted by Crippen LogP contribution is -2.13. The Morgan fingerprint density at radius 2 is 1.90 bits per heavy atom. The van der Waals surface area contributed by atoms with Gasteiger partial charge in [0.1, 0.15) is 0 Å². The minimum atomic E-state index is -1.09. The third kappa shape index (κ3) is 3.42. The Bertz CT molecular complexity index is 666. The molecule has 20 heavy (non-hydrogen) atoms. The molecule has 102 valence electrons. The van der Waals surface area contributed by atoms with E-state index in [0.717, 1.165) is 10.0 Å². The van der Waals surface area contributed by atoms with Gasteiger partial charge < -0.3 is 10.4 Å². The smallest absolute Gasteiger partial charge is 0.337 e. The average molecular weight is 335 g/mol. The fourth-order valence-corrected chi connectivity index (χ4v) is 2.30. The third-order valence-electron chi connectivity index (χ3n) is 2.55. The van der Waals surface area contributed by atoms with Crippen molar-refractivity contribution in [1.82, 2.24) is 4.98 Å². The molecule has 6 heteroatoms. The molecule has 1 aromatic heterocycles. The number of carbonyl (C=O) groups excluding carboxylic acids is 1. The fourth-order valence-electron chi connectivity index (χ4n) is 1.70. The van der Waals surface area contributed by atoms with E-state index in [1.165, 1.54) is 18.5 Å². The molecule has 0 aliphatic rings. The van der Waals surface area contributed by atoms with Gasteiger partial charge in [0, 0.05) is 16.2 Å². The molecule has 2 rings (SSSR count). The second-order valence-corrected chi connectivity index (χ2v) is 5.15. The SMILES string of the molecule is Cc1cc(Br)cc(C(=O)Nc2cncc(C(=O)O)c2)c1. The summed E-state index contributed by atoms with van der Waals surface area (Å²) in [5.74, 6) is -1.41. The Hall–Kier alpha value is -2.21. The first-order valence-electron chi connectivity index (χ1n) is 5.72. The second kappa shape index (κ2) is 5.83. The van der Waals surface area contributed by atoms with Gasteiger partial charge in [0.25, 0.3) is 5.91 Å². The lowest BCUT2D eigenvalue weighted by molar-refractivity contribution is 0.0696. The minimum absolute atomic E-state index is 0.0215. The van der Waals surface area contributed by atoms with Gasteiger partial charge in [0.05, 0.1) is 17.4 Å². The van der Waals surface area contributed by atoms with Crippen LogP contribution in [0.5, 0.6) is 0 Å². The van der Waals surface area contributed by atoms with Gasteiger partial charge >= 0.3 is 5.97 Å². The Morgan fingerprint density at radius 3 is 2.55 bits per heavy atom. The minimum Gasteiger partial charge on any atom is -0.478 e. The van der Waals surface area contributed by atoms with E-state index in [-0.39, 0.29) is 11.5 Å². The quantitative estimate of drug-likeness (QED) is 0.903. The number of aryl methyl sites for hydroxylation is 1. The van der Waals surface area contributed by atoms with E-state index < -0.39 is 5.97 Å². The van der Waals surface area contributed by atoms with Crippen LogP contribution in [0.25, 0.3) is 0 Å². The summed E-state index contributed by atoms with van der Waals surface area (Å²) >= 11 is 3.33. The molecule has 2 aromatic rings. The van der Waals surface area contributed by atoms with Crippen molar-refractivity contribution in [2.24, 2.45) is 0 Å². The number of hydrogen-bond donors (Lipinski definition) is 2. The van der Waals surface area contributed by atoms with Gasteiger partial charge in [-0.2, -0.15) is 0 Å². The summed E-state index contributed by atoms with van der Waals surface area (Å²) in [4.78, 5) is 26.7. The third-order valence-corrected chi connectivity index (χ3v) is 3.01. The normalized spacial score (nSPS) is 10.1. The number of amides is 1. The zero-order valence-electron chi connectivity index (χ0n) is 10.6. The highest BCUT2D eigenvalue weighted by Gasteiger charge is 2.10. The maximum absolute atomic E-state index is 12.1. The van der Waals surface area contributed by atoms with E-state index in [9.17, 15) is 9.59 Å². The monoisotopic (exact) mass is 334 g/mol. The largest absolute Gasteiger partial charge is 0.478 e. The molecule has 0 unspecified atom stereocenters. The van der Waals surface area contributed by atoms with Gasteiger partial charge in [-0.25, -0.2) is 4.79 Å². The molecule has 2 N–H and O–H groups in total. The van der Waals surface area contributed by atoms with Crippen LogP contribution in [0.4, 0.5) is 5.69 Å². The molecule has 0 atom stereocenters. The Balaban J connectivity index is 2.23. The zero-order valence-corrected chi connectivity index (χ0v) is 12.1. The number of nitrogens with one attached hydrogen (secondary N) is 1. The van der Waals surface area contributed by atoms with Crippen molar-refractivity contribution < 1.29 is 14.7 Å². The van der Waals surface area contributed by atoms with E-state index in [2.05, 4.69) is 26.2 Å². The summed E-state index contributed by atoms with van der Waals surface area (Å²) < 4.78 is 0.806. The first-order chi connectivity index (χ1) is 9.45. The number of pyridine rings is 1. The second-order valence-electron chi connectivity index (χ2n) is 4.24. The Kier molecular flexibility index (Phi) is 4.14. The number of nitrogens with zero attached hydrogens (tertiary/aromatic N) is 1. The maximum atomic E-state index is 12.1. The van der Waals surface area contributed by atoms with Crippen LogP contribution in [0.3, 0.4) is 0 Å². The van der Waals surface area contributed by atoms with E-state index >= 15 is 0 Å². The van der Waals surface area contributed by atoms with Gasteiger partial charge in [0.15, 0.2) is 0 Å². The van der Waals surface area contributed by atoms with E-state index in [1.807, 2.05) is 13.0 Å². The van der Waals surface area contributed by atoms with Gasteiger partial charge in [-0.15, -0.1) is 0 Å². The topological polar surface area (TPSA) is 79.3 Å². The Labute approximate surface area is 123 Å². The summed E-state index contributed by atoms with van der Waals surface area (Å²) in [5, 5.41) is 11.5. The molecule has 0 saturated carbocycles. The molecular weight excluding hydrogens is 324 g/mol. The highest BCUT2D eigenvalue weighted by atomic mass is 79.9. The highest BCUT2D eigenvalue weighted by Crippen LogP contribution is 2.17. The van der Waals surface area contributed by atoms with Crippen LogP contribution in [0.1, 0.15) is 26.3 Å². The molecule has 5 nitrogen and oxygen atoms in total. The number of halogens is 1. The maximum Gasteiger partial charge on any atom is 0.337 e. The van der Waals surface area contributed by atoms with Crippen LogP contribution < -0.4 is 5.32 Å². The number of hydrogen-bond acceptors (Lipinski definition) is 3. The molecule has 0 aliphatic carbocycles. The van der Waals surface area contributed by atoms with Crippen LogP contribution >= 0.6 is 15.9 Å². The van der Waals surface area contributed by atoms with Crippen molar-refractivity contribution in [1.29, 1.82) is 0 Å². The van der Waals surface area contributed by atoms with Crippen LogP contribution in [-0.2, 0) is 0 Å². The lowest BCUT2D eigenvalue weighted by atomic mass is 10.1. The number of anilines is 1. The number of aromatic nitrogens is 1. The lowest BCUT2D eigenvalue weighted by Gasteiger charge is -2.07. The molecule has 0 fully saturated rings. The van der Waals surface area contributed by atoms with E-state index in [1.54, 1.807) is 12.1 Å². The molecule has 1 aromatic carbocycles. The summed E-state index contributed by atoms with van der Waals surface area (Å²) in [6.45, 7) is 1.88. The summed E-state index contributed by atoms with van der Waals surface area (Å²) in [7, 11) is 0. The number of carbonyl (C=O) groups is 2. The first-order valence-corrected chi connectivity index (χ1v) is 6.52. The van der Waals surface area contributed by atoms with Crippen molar-refractivity contribution in [2.45, 2.75) is 6.92 Å². The van der Waals surface area contributed by atoms with Crippen molar-refractivity contribution >= 4 is 33.5 Å². The zero-order chi connectivity index (χ0) is 14.7. The van der Waals surface area contributed by atoms with Crippen molar-refractivity contribution in [3.63, 3.8) is 0 Å². The molecule has 0 radical (unpaired) electrons. The van der Waals surface area contributed by atoms with Crippen LogP contribution in [0.15, 0.2) is 41.1 Å². The summed E-state index contributed by atoms with van der Waals surface area (Å²) in [6, 6.07) is 6.69. The Morgan fingerprint density at radius 1 is 1.15 bits per heavy atom. The summed E-state index contributed by atoms with van der Waals surface area (Å²) in [6.07, 6.45) is 2.62. The summed E-state index contributed by atoms with van der Waals surface area (Å²) in [5.41, 5.74) is 1.79. The van der Waals surface area contributed by atoms with Crippen molar-refractivity contribution in [3.05, 3.63) is 57.8 Å². The molecule has 0 aliphatic heterocycles. The highest BCUT2D eigenvalue weighted by molar-refractivity contribution is 9.10. The number of benzene rings is 1. The molecule has 1 heterocycles. The number of carboxylic acids is 1. The number of aromatic carboxylic acids is 1. The van der Waals surface area contributed by atoms with Crippen LogP contribution in [-0.4, -0.2) is 22.0 Å². The van der Waals surface area contributed by atoms with Crippen molar-refractivity contribution in [2.75, 3.05) is 5.32 Å². The molecule has 1 amide bonds. The first kappa shape index (κ1) is 14.2. The molecule has 0 spiro atoms. The molecular formula is C14H11BrN2O3. The average Bonchev–Trinajstić information content (AvgIpc) is 2.37. The molecule has 0 saturated heterocycles. The van der Waals surface area contributed by atoms with Gasteiger partial charge in [-0.1, -0.05) is 15.9 Å². The fraction of sp³-hybridized carbons (Fsp3) is 0.0714. The van der Waals surface area contributed by atoms with Crippen LogP contribution in [0, 0.1) is 6.92 Å². The predicted octanol–water partition coefficient (Wildman–Crippen LogP) is 3.10. The van der Waals surface area contributed by atoms with Gasteiger partial charge in [-0.05, 0) is 36.8 Å². The molecule has 0 bridgehead atoms. The van der Waals surface area contributed by atoms with Gasteiger partial charge in [0.2, 0.25) is 0 Å². The van der Waals surface area contributed by atoms with Gasteiger partial charge in [-0.3, -0.25) is 9.78 Å². The van der Waals surface area contributed by atoms with Crippen molar-refractivity contribution in [3.8, 4) is 0 Å². The number of rotatable bonds is 3.